The highest BCUT2D eigenvalue weighted by atomic mass is 16.6. The molecular weight excluding hydrogens is 338 g/mol. The number of amides is 1. The van der Waals surface area contributed by atoms with Gasteiger partial charge in [-0.25, -0.2) is 4.79 Å². The van der Waals surface area contributed by atoms with Crippen molar-refractivity contribution < 1.29 is 19.2 Å². The van der Waals surface area contributed by atoms with Crippen LogP contribution in [0, 0.1) is 10.1 Å². The number of nitrogens with zero attached hydrogens (tertiary/aromatic N) is 1. The number of rotatable bonds is 7. The van der Waals surface area contributed by atoms with Crippen LogP contribution in [0.15, 0.2) is 48.5 Å². The van der Waals surface area contributed by atoms with Gasteiger partial charge >= 0.3 is 5.97 Å². The van der Waals surface area contributed by atoms with E-state index in [2.05, 4.69) is 5.32 Å². The Hall–Kier alpha value is -3.42. The van der Waals surface area contributed by atoms with Gasteiger partial charge in [-0.05, 0) is 23.6 Å². The largest absolute Gasteiger partial charge is 0.452 e. The molecule has 0 bridgehead atoms. The van der Waals surface area contributed by atoms with E-state index in [1.165, 1.54) is 12.1 Å². The van der Waals surface area contributed by atoms with Crippen molar-refractivity contribution in [1.29, 1.82) is 0 Å². The van der Waals surface area contributed by atoms with Crippen LogP contribution in [0.5, 0.6) is 0 Å². The van der Waals surface area contributed by atoms with Crippen molar-refractivity contribution in [2.75, 3.05) is 18.9 Å². The SMILES string of the molecule is C[C@H](CNC(=O)COC(=O)c1ccc(N)c([N+](=O)[O-])c1)c1ccccc1. The van der Waals surface area contributed by atoms with E-state index in [-0.39, 0.29) is 22.9 Å². The molecule has 0 aromatic heterocycles. The number of anilines is 1. The number of hydrogen-bond acceptors (Lipinski definition) is 6. The average Bonchev–Trinajstić information content (AvgIpc) is 2.64. The van der Waals surface area contributed by atoms with E-state index in [0.717, 1.165) is 11.6 Å². The Balaban J connectivity index is 1.84. The van der Waals surface area contributed by atoms with Gasteiger partial charge in [0.2, 0.25) is 0 Å². The Labute approximate surface area is 150 Å². The van der Waals surface area contributed by atoms with Gasteiger partial charge in [0.05, 0.1) is 10.5 Å². The van der Waals surface area contributed by atoms with Crippen molar-refractivity contribution in [3.05, 3.63) is 69.8 Å². The summed E-state index contributed by atoms with van der Waals surface area (Å²) in [6.45, 7) is 1.89. The van der Waals surface area contributed by atoms with Crippen LogP contribution in [0.1, 0.15) is 28.8 Å². The highest BCUT2D eigenvalue weighted by Crippen LogP contribution is 2.22. The van der Waals surface area contributed by atoms with Crippen molar-refractivity contribution in [1.82, 2.24) is 5.32 Å². The van der Waals surface area contributed by atoms with Crippen LogP contribution in [-0.2, 0) is 9.53 Å². The summed E-state index contributed by atoms with van der Waals surface area (Å²) in [6.07, 6.45) is 0. The lowest BCUT2D eigenvalue weighted by atomic mass is 10.0. The molecule has 2 aromatic rings. The van der Waals surface area contributed by atoms with Crippen LogP contribution < -0.4 is 11.1 Å². The normalized spacial score (nSPS) is 11.4. The first kappa shape index (κ1) is 18.9. The Kier molecular flexibility index (Phi) is 6.26. The van der Waals surface area contributed by atoms with Crippen molar-refractivity contribution in [2.45, 2.75) is 12.8 Å². The van der Waals surface area contributed by atoms with Crippen LogP contribution in [0.4, 0.5) is 11.4 Å². The van der Waals surface area contributed by atoms with Gasteiger partial charge in [-0.1, -0.05) is 37.3 Å². The third kappa shape index (κ3) is 5.04. The van der Waals surface area contributed by atoms with Crippen molar-refractivity contribution in [2.24, 2.45) is 0 Å². The Morgan fingerprint density at radius 1 is 1.23 bits per heavy atom. The minimum Gasteiger partial charge on any atom is -0.452 e. The van der Waals surface area contributed by atoms with E-state index >= 15 is 0 Å². The molecule has 0 aliphatic heterocycles. The van der Waals surface area contributed by atoms with Crippen LogP contribution in [0.3, 0.4) is 0 Å². The van der Waals surface area contributed by atoms with Crippen LogP contribution in [0.2, 0.25) is 0 Å². The number of carbonyl (C=O) groups is 2. The second-order valence-electron chi connectivity index (χ2n) is 5.72. The monoisotopic (exact) mass is 357 g/mol. The summed E-state index contributed by atoms with van der Waals surface area (Å²) in [6, 6.07) is 13.2. The van der Waals surface area contributed by atoms with E-state index in [0.29, 0.717) is 6.54 Å². The van der Waals surface area contributed by atoms with E-state index in [4.69, 9.17) is 10.5 Å². The summed E-state index contributed by atoms with van der Waals surface area (Å²) >= 11 is 0. The number of hydrogen-bond donors (Lipinski definition) is 2. The predicted molar refractivity (Wildman–Crippen MR) is 95.7 cm³/mol. The molecular formula is C18H19N3O5. The third-order valence-electron chi connectivity index (χ3n) is 3.77. The minimum absolute atomic E-state index is 0.0450. The van der Waals surface area contributed by atoms with Crippen molar-refractivity contribution >= 4 is 23.3 Å². The quantitative estimate of drug-likeness (QED) is 0.339. The zero-order valence-electron chi connectivity index (χ0n) is 14.2. The van der Waals surface area contributed by atoms with Gasteiger partial charge < -0.3 is 15.8 Å². The second kappa shape index (κ2) is 8.61. The first-order chi connectivity index (χ1) is 12.4. The summed E-state index contributed by atoms with van der Waals surface area (Å²) in [5.41, 5.74) is 6.06. The molecule has 0 fully saturated rings. The summed E-state index contributed by atoms with van der Waals surface area (Å²) < 4.78 is 4.89. The summed E-state index contributed by atoms with van der Waals surface area (Å²) in [5.74, 6) is -1.18. The lowest BCUT2D eigenvalue weighted by Crippen LogP contribution is -2.31. The smallest absolute Gasteiger partial charge is 0.338 e. The molecule has 0 heterocycles. The number of nitrogens with one attached hydrogen (secondary N) is 1. The van der Waals surface area contributed by atoms with Gasteiger partial charge in [0.25, 0.3) is 11.6 Å². The summed E-state index contributed by atoms with van der Waals surface area (Å²) in [4.78, 5) is 33.9. The van der Waals surface area contributed by atoms with Crippen LogP contribution in [0.25, 0.3) is 0 Å². The fraction of sp³-hybridized carbons (Fsp3) is 0.222. The predicted octanol–water partition coefficient (Wildman–Crippen LogP) is 2.25. The maximum Gasteiger partial charge on any atom is 0.338 e. The molecule has 0 aliphatic carbocycles. The topological polar surface area (TPSA) is 125 Å². The molecule has 0 aliphatic rings. The molecule has 136 valence electrons. The second-order valence-corrected chi connectivity index (χ2v) is 5.72. The maximum absolute atomic E-state index is 11.9. The fourth-order valence-corrected chi connectivity index (χ4v) is 2.26. The Morgan fingerprint density at radius 3 is 2.58 bits per heavy atom. The summed E-state index contributed by atoms with van der Waals surface area (Å²) in [5, 5.41) is 13.5. The van der Waals surface area contributed by atoms with Crippen LogP contribution in [-0.4, -0.2) is 30.0 Å². The number of nitrogen functional groups attached to an aromatic ring is 1. The van der Waals surface area contributed by atoms with Gasteiger partial charge in [0, 0.05) is 12.6 Å². The van der Waals surface area contributed by atoms with Gasteiger partial charge in [0.1, 0.15) is 5.69 Å². The number of benzene rings is 2. The Morgan fingerprint density at radius 2 is 1.92 bits per heavy atom. The highest BCUT2D eigenvalue weighted by Gasteiger charge is 2.17. The Bertz CT molecular complexity index is 808. The third-order valence-corrected chi connectivity index (χ3v) is 3.77. The average molecular weight is 357 g/mol. The standard InChI is InChI=1S/C18H19N3O5/c1-12(13-5-3-2-4-6-13)10-20-17(22)11-26-18(23)14-7-8-15(19)16(9-14)21(24)25/h2-9,12H,10-11,19H2,1H3,(H,20,22)/t12-/m1/s1. The zero-order chi connectivity index (χ0) is 19.1. The molecule has 2 aromatic carbocycles. The van der Waals surface area contributed by atoms with Crippen molar-refractivity contribution in [3.8, 4) is 0 Å². The molecule has 0 saturated carbocycles. The number of carbonyl (C=O) groups excluding carboxylic acids is 2. The number of nitrogens with two attached hydrogens (primary N) is 1. The molecule has 1 atom stereocenters. The number of nitro benzene ring substituents is 1. The van der Waals surface area contributed by atoms with Crippen LogP contribution >= 0.6 is 0 Å². The van der Waals surface area contributed by atoms with E-state index in [1.54, 1.807) is 0 Å². The molecule has 8 heteroatoms. The van der Waals surface area contributed by atoms with Gasteiger partial charge in [-0.2, -0.15) is 0 Å². The van der Waals surface area contributed by atoms with E-state index in [9.17, 15) is 19.7 Å². The number of esters is 1. The molecule has 0 spiro atoms. The molecule has 8 nitrogen and oxygen atoms in total. The van der Waals surface area contributed by atoms with E-state index in [1.807, 2.05) is 37.3 Å². The van der Waals surface area contributed by atoms with Gasteiger partial charge in [-0.15, -0.1) is 0 Å². The number of ether oxygens (including phenoxy) is 1. The fourth-order valence-electron chi connectivity index (χ4n) is 2.26. The molecule has 1 amide bonds. The molecule has 0 saturated heterocycles. The maximum atomic E-state index is 11.9. The van der Waals surface area contributed by atoms with Gasteiger partial charge in [-0.3, -0.25) is 14.9 Å². The first-order valence-corrected chi connectivity index (χ1v) is 7.91. The lowest BCUT2D eigenvalue weighted by molar-refractivity contribution is -0.383. The molecule has 3 N–H and O–H groups in total. The zero-order valence-corrected chi connectivity index (χ0v) is 14.2. The van der Waals surface area contributed by atoms with Crippen molar-refractivity contribution in [3.63, 3.8) is 0 Å². The lowest BCUT2D eigenvalue weighted by Gasteiger charge is -2.13. The minimum atomic E-state index is -0.834. The molecule has 2 rings (SSSR count). The molecule has 0 radical (unpaired) electrons. The molecule has 26 heavy (non-hydrogen) atoms. The first-order valence-electron chi connectivity index (χ1n) is 7.91. The number of nitro groups is 1. The van der Waals surface area contributed by atoms with Gasteiger partial charge in [0.15, 0.2) is 6.61 Å². The van der Waals surface area contributed by atoms with E-state index < -0.39 is 23.4 Å². The molecule has 0 unspecified atom stereocenters. The summed E-state index contributed by atoms with van der Waals surface area (Å²) in [7, 11) is 0. The highest BCUT2D eigenvalue weighted by molar-refractivity contribution is 5.92.